The Kier molecular flexibility index (Phi) is 5.53. The van der Waals surface area contributed by atoms with Crippen molar-refractivity contribution in [3.05, 3.63) is 53.6 Å². The topological polar surface area (TPSA) is 47.6 Å². The van der Waals surface area contributed by atoms with Crippen molar-refractivity contribution in [1.82, 2.24) is 0 Å². The summed E-state index contributed by atoms with van der Waals surface area (Å²) in [6, 6.07) is 14.0. The Morgan fingerprint density at radius 1 is 1.25 bits per heavy atom. The maximum absolute atomic E-state index is 11.4. The lowest BCUT2D eigenvalue weighted by molar-refractivity contribution is 0.141. The highest BCUT2D eigenvalue weighted by Gasteiger charge is 2.18. The van der Waals surface area contributed by atoms with Crippen molar-refractivity contribution in [1.29, 1.82) is 0 Å². The van der Waals surface area contributed by atoms with E-state index in [0.29, 0.717) is 13.2 Å². The van der Waals surface area contributed by atoms with Gasteiger partial charge >= 0.3 is 0 Å². The largest absolute Gasteiger partial charge is 0.488 e. The van der Waals surface area contributed by atoms with E-state index < -0.39 is 10.8 Å². The molecule has 128 valence electrons. The number of hydrogen-bond acceptors (Lipinski definition) is 4. The third-order valence-electron chi connectivity index (χ3n) is 4.12. The van der Waals surface area contributed by atoms with E-state index in [2.05, 4.69) is 24.4 Å². The second-order valence-corrected chi connectivity index (χ2v) is 7.42. The highest BCUT2D eigenvalue weighted by molar-refractivity contribution is 7.84. The second-order valence-electron chi connectivity index (χ2n) is 6.04. The van der Waals surface area contributed by atoms with Crippen LogP contribution in [0, 0.1) is 6.92 Å². The highest BCUT2D eigenvalue weighted by Crippen LogP contribution is 2.25. The Bertz CT molecular complexity index is 709. The predicted octanol–water partition coefficient (Wildman–Crippen LogP) is 3.51. The normalized spacial score (nSPS) is 18.3. The van der Waals surface area contributed by atoms with Crippen LogP contribution in [-0.2, 0) is 22.1 Å². The van der Waals surface area contributed by atoms with E-state index in [0.717, 1.165) is 40.5 Å². The van der Waals surface area contributed by atoms with E-state index >= 15 is 0 Å². The maximum atomic E-state index is 11.4. The first kappa shape index (κ1) is 17.0. The molecule has 5 heteroatoms. The van der Waals surface area contributed by atoms with E-state index in [4.69, 9.17) is 9.47 Å². The van der Waals surface area contributed by atoms with Gasteiger partial charge in [-0.1, -0.05) is 18.2 Å². The minimum Gasteiger partial charge on any atom is -0.488 e. The summed E-state index contributed by atoms with van der Waals surface area (Å²) in [6.45, 7) is 4.21. The van der Waals surface area contributed by atoms with Gasteiger partial charge in [-0.15, -0.1) is 0 Å². The fraction of sp³-hybridized carbons (Fsp3) is 0.368. The Morgan fingerprint density at radius 2 is 2.04 bits per heavy atom. The molecule has 3 rings (SSSR count). The van der Waals surface area contributed by atoms with Gasteiger partial charge in [-0.05, 0) is 36.2 Å². The SMILES string of the molecule is Cc1ccc(NCc2ccc([S@@](C)=O)cc2)cc1O[C@H]1CCOC1. The first-order valence-corrected chi connectivity index (χ1v) is 9.69. The molecule has 1 heterocycles. The Balaban J connectivity index is 1.63. The Morgan fingerprint density at radius 3 is 2.71 bits per heavy atom. The molecule has 0 aromatic heterocycles. The number of rotatable bonds is 6. The summed E-state index contributed by atoms with van der Waals surface area (Å²) in [4.78, 5) is 0.851. The fourth-order valence-electron chi connectivity index (χ4n) is 2.63. The van der Waals surface area contributed by atoms with Gasteiger partial charge in [-0.25, -0.2) is 0 Å². The summed E-state index contributed by atoms with van der Waals surface area (Å²) in [5.74, 6) is 0.909. The van der Waals surface area contributed by atoms with Gasteiger partial charge in [0, 0.05) is 46.7 Å². The highest BCUT2D eigenvalue weighted by atomic mass is 32.2. The van der Waals surface area contributed by atoms with E-state index in [-0.39, 0.29) is 6.10 Å². The van der Waals surface area contributed by atoms with Crippen molar-refractivity contribution in [3.63, 3.8) is 0 Å². The molecule has 0 spiro atoms. The van der Waals surface area contributed by atoms with Gasteiger partial charge in [0.2, 0.25) is 0 Å². The van der Waals surface area contributed by atoms with E-state index in [1.165, 1.54) is 0 Å². The number of ether oxygens (including phenoxy) is 2. The second kappa shape index (κ2) is 7.81. The molecule has 2 atom stereocenters. The lowest BCUT2D eigenvalue weighted by Crippen LogP contribution is -2.16. The van der Waals surface area contributed by atoms with E-state index in [9.17, 15) is 4.21 Å². The number of benzene rings is 2. The minimum absolute atomic E-state index is 0.154. The molecule has 0 bridgehead atoms. The monoisotopic (exact) mass is 345 g/mol. The summed E-state index contributed by atoms with van der Waals surface area (Å²) in [6.07, 6.45) is 2.79. The van der Waals surface area contributed by atoms with Crippen molar-refractivity contribution in [2.45, 2.75) is 30.9 Å². The van der Waals surface area contributed by atoms with Gasteiger partial charge in [0.15, 0.2) is 0 Å². The minimum atomic E-state index is -0.933. The Hall–Kier alpha value is -1.85. The molecule has 0 amide bonds. The summed E-state index contributed by atoms with van der Waals surface area (Å²) in [5, 5.41) is 3.42. The molecular weight excluding hydrogens is 322 g/mol. The van der Waals surface area contributed by atoms with Gasteiger partial charge in [0.1, 0.15) is 11.9 Å². The molecule has 4 nitrogen and oxygen atoms in total. The van der Waals surface area contributed by atoms with Gasteiger partial charge < -0.3 is 14.8 Å². The van der Waals surface area contributed by atoms with Crippen LogP contribution in [0.3, 0.4) is 0 Å². The number of nitrogens with one attached hydrogen (secondary N) is 1. The number of anilines is 1. The van der Waals surface area contributed by atoms with Gasteiger partial charge in [-0.3, -0.25) is 4.21 Å². The molecule has 0 saturated carbocycles. The summed E-state index contributed by atoms with van der Waals surface area (Å²) in [5.41, 5.74) is 3.30. The zero-order valence-electron chi connectivity index (χ0n) is 14.1. The molecule has 24 heavy (non-hydrogen) atoms. The molecule has 2 aromatic carbocycles. The average Bonchev–Trinajstić information content (AvgIpc) is 3.09. The van der Waals surface area contributed by atoms with Crippen molar-refractivity contribution in [2.24, 2.45) is 0 Å². The predicted molar refractivity (Wildman–Crippen MR) is 97.1 cm³/mol. The van der Waals surface area contributed by atoms with Crippen molar-refractivity contribution in [2.75, 3.05) is 24.8 Å². The van der Waals surface area contributed by atoms with Crippen LogP contribution in [0.25, 0.3) is 0 Å². The lowest BCUT2D eigenvalue weighted by atomic mass is 10.2. The molecule has 1 saturated heterocycles. The summed E-state index contributed by atoms with van der Waals surface area (Å²) in [7, 11) is -0.933. The maximum Gasteiger partial charge on any atom is 0.124 e. The first-order valence-electron chi connectivity index (χ1n) is 8.13. The third kappa shape index (κ3) is 4.36. The molecule has 0 unspecified atom stereocenters. The molecular formula is C19H23NO3S. The zero-order valence-corrected chi connectivity index (χ0v) is 14.9. The van der Waals surface area contributed by atoms with Crippen molar-refractivity contribution >= 4 is 16.5 Å². The standard InChI is InChI=1S/C19H23NO3S/c1-14-3-6-16(11-19(14)23-17-9-10-22-13-17)20-12-15-4-7-18(8-5-15)24(2)21/h3-8,11,17,20H,9-10,12-13H2,1-2H3/t17-,24+/m0/s1. The first-order chi connectivity index (χ1) is 11.6. The number of aryl methyl sites for hydroxylation is 1. The van der Waals surface area contributed by atoms with Crippen molar-refractivity contribution < 1.29 is 13.7 Å². The molecule has 2 aromatic rings. The molecule has 1 fully saturated rings. The lowest BCUT2D eigenvalue weighted by Gasteiger charge is -2.16. The van der Waals surface area contributed by atoms with Crippen LogP contribution in [0.5, 0.6) is 5.75 Å². The smallest absolute Gasteiger partial charge is 0.124 e. The fourth-order valence-corrected chi connectivity index (χ4v) is 3.14. The van der Waals surface area contributed by atoms with Gasteiger partial charge in [0.05, 0.1) is 13.2 Å². The van der Waals surface area contributed by atoms with Crippen LogP contribution in [0.15, 0.2) is 47.4 Å². The van der Waals surface area contributed by atoms with E-state index in [1.54, 1.807) is 6.26 Å². The van der Waals surface area contributed by atoms with Crippen LogP contribution in [0.4, 0.5) is 5.69 Å². The molecule has 1 aliphatic rings. The zero-order chi connectivity index (χ0) is 16.9. The van der Waals surface area contributed by atoms with Crippen molar-refractivity contribution in [3.8, 4) is 5.75 Å². The van der Waals surface area contributed by atoms with Crippen LogP contribution in [-0.4, -0.2) is 29.8 Å². The quantitative estimate of drug-likeness (QED) is 0.870. The molecule has 0 aliphatic carbocycles. The van der Waals surface area contributed by atoms with Crippen LogP contribution >= 0.6 is 0 Å². The molecule has 1 aliphatic heterocycles. The molecule has 0 radical (unpaired) electrons. The third-order valence-corrected chi connectivity index (χ3v) is 5.06. The van der Waals surface area contributed by atoms with Gasteiger partial charge in [-0.2, -0.15) is 0 Å². The molecule has 1 N–H and O–H groups in total. The summed E-state index contributed by atoms with van der Waals surface area (Å²) < 4.78 is 22.8. The van der Waals surface area contributed by atoms with Crippen LogP contribution < -0.4 is 10.1 Å². The van der Waals surface area contributed by atoms with Crippen LogP contribution in [0.2, 0.25) is 0 Å². The van der Waals surface area contributed by atoms with Crippen LogP contribution in [0.1, 0.15) is 17.5 Å². The van der Waals surface area contributed by atoms with E-state index in [1.807, 2.05) is 30.3 Å². The number of hydrogen-bond donors (Lipinski definition) is 1. The summed E-state index contributed by atoms with van der Waals surface area (Å²) >= 11 is 0. The average molecular weight is 345 g/mol. The Labute approximate surface area is 145 Å². The van der Waals surface area contributed by atoms with Gasteiger partial charge in [0.25, 0.3) is 0 Å².